The molecule has 0 saturated heterocycles. The molecule has 3 nitrogen and oxygen atoms in total. The van der Waals surface area contributed by atoms with Crippen molar-refractivity contribution in [2.75, 3.05) is 6.61 Å². The van der Waals surface area contributed by atoms with Gasteiger partial charge in [-0.1, -0.05) is 0 Å². The standard InChI is InChI=1S/C10H17F2NO2/c1-2-15-9(14)7-3-4-8(13)10(11,12)6-5-7/h7-8H,2-6,13H2,1H3. The van der Waals surface area contributed by atoms with Gasteiger partial charge in [-0.2, -0.15) is 0 Å². The van der Waals surface area contributed by atoms with Gasteiger partial charge in [0.15, 0.2) is 0 Å². The summed E-state index contributed by atoms with van der Waals surface area (Å²) in [5.41, 5.74) is 5.35. The average molecular weight is 221 g/mol. The van der Waals surface area contributed by atoms with Crippen LogP contribution in [0.1, 0.15) is 32.6 Å². The zero-order valence-corrected chi connectivity index (χ0v) is 8.84. The molecule has 2 N–H and O–H groups in total. The Balaban J connectivity index is 2.56. The van der Waals surface area contributed by atoms with Crippen LogP contribution in [-0.4, -0.2) is 24.5 Å². The van der Waals surface area contributed by atoms with E-state index in [4.69, 9.17) is 10.5 Å². The molecule has 5 heteroatoms. The Bertz CT molecular complexity index is 233. The number of nitrogens with two attached hydrogens (primary N) is 1. The van der Waals surface area contributed by atoms with Crippen LogP contribution in [0.15, 0.2) is 0 Å². The lowest BCUT2D eigenvalue weighted by molar-refractivity contribution is -0.148. The first kappa shape index (κ1) is 12.4. The third-order valence-electron chi connectivity index (χ3n) is 2.81. The van der Waals surface area contributed by atoms with Gasteiger partial charge in [0.25, 0.3) is 5.92 Å². The minimum absolute atomic E-state index is 0.166. The lowest BCUT2D eigenvalue weighted by Crippen LogP contribution is -2.39. The number of hydrogen-bond acceptors (Lipinski definition) is 3. The molecular formula is C10H17F2NO2. The van der Waals surface area contributed by atoms with Gasteiger partial charge in [-0.25, -0.2) is 8.78 Å². The zero-order valence-electron chi connectivity index (χ0n) is 8.84. The molecule has 1 aliphatic carbocycles. The van der Waals surface area contributed by atoms with Crippen LogP contribution in [0.5, 0.6) is 0 Å². The summed E-state index contributed by atoms with van der Waals surface area (Å²) < 4.78 is 31.2. The molecule has 1 saturated carbocycles. The van der Waals surface area contributed by atoms with Crippen molar-refractivity contribution in [1.29, 1.82) is 0 Å². The molecule has 88 valence electrons. The molecule has 1 rings (SSSR count). The van der Waals surface area contributed by atoms with Crippen molar-refractivity contribution in [2.45, 2.75) is 44.6 Å². The largest absolute Gasteiger partial charge is 0.466 e. The van der Waals surface area contributed by atoms with E-state index in [1.165, 1.54) is 0 Å². The predicted octanol–water partition coefficient (Wildman–Crippen LogP) is 1.70. The first-order valence-corrected chi connectivity index (χ1v) is 5.27. The molecule has 0 aromatic carbocycles. The highest BCUT2D eigenvalue weighted by Crippen LogP contribution is 2.34. The van der Waals surface area contributed by atoms with E-state index in [-0.39, 0.29) is 31.8 Å². The third-order valence-corrected chi connectivity index (χ3v) is 2.81. The molecule has 1 fully saturated rings. The Hall–Kier alpha value is -0.710. The van der Waals surface area contributed by atoms with Gasteiger partial charge >= 0.3 is 5.97 Å². The van der Waals surface area contributed by atoms with Gasteiger partial charge in [0.2, 0.25) is 0 Å². The van der Waals surface area contributed by atoms with E-state index in [0.717, 1.165) is 0 Å². The van der Waals surface area contributed by atoms with Gasteiger partial charge in [0.1, 0.15) is 0 Å². The summed E-state index contributed by atoms with van der Waals surface area (Å²) in [5, 5.41) is 0. The number of rotatable bonds is 2. The van der Waals surface area contributed by atoms with Crippen LogP contribution in [0.2, 0.25) is 0 Å². The number of carbonyl (C=O) groups excluding carboxylic acids is 1. The highest BCUT2D eigenvalue weighted by atomic mass is 19.3. The second-order valence-corrected chi connectivity index (χ2v) is 3.93. The van der Waals surface area contributed by atoms with E-state index >= 15 is 0 Å². The molecule has 15 heavy (non-hydrogen) atoms. The normalized spacial score (nSPS) is 30.7. The molecule has 0 radical (unpaired) electrons. The quantitative estimate of drug-likeness (QED) is 0.570. The second-order valence-electron chi connectivity index (χ2n) is 3.93. The maximum absolute atomic E-state index is 13.2. The van der Waals surface area contributed by atoms with Gasteiger partial charge in [-0.15, -0.1) is 0 Å². The van der Waals surface area contributed by atoms with E-state index in [1.54, 1.807) is 6.92 Å². The smallest absolute Gasteiger partial charge is 0.308 e. The molecule has 0 heterocycles. The Labute approximate surface area is 88.0 Å². The topological polar surface area (TPSA) is 52.3 Å². The highest BCUT2D eigenvalue weighted by Gasteiger charge is 2.41. The average Bonchev–Trinajstić information content (AvgIpc) is 2.28. The molecule has 2 atom stereocenters. The summed E-state index contributed by atoms with van der Waals surface area (Å²) in [6.45, 7) is 1.99. The van der Waals surface area contributed by atoms with Gasteiger partial charge in [-0.3, -0.25) is 4.79 Å². The fraction of sp³-hybridized carbons (Fsp3) is 0.900. The van der Waals surface area contributed by atoms with E-state index in [2.05, 4.69) is 0 Å². The van der Waals surface area contributed by atoms with Crippen LogP contribution in [0.25, 0.3) is 0 Å². The minimum atomic E-state index is -2.85. The maximum atomic E-state index is 13.2. The number of hydrogen-bond donors (Lipinski definition) is 1. The number of carbonyl (C=O) groups is 1. The minimum Gasteiger partial charge on any atom is -0.466 e. The lowest BCUT2D eigenvalue weighted by atomic mass is 10.0. The van der Waals surface area contributed by atoms with E-state index in [9.17, 15) is 13.6 Å². The summed E-state index contributed by atoms with van der Waals surface area (Å²) in [5.74, 6) is -3.63. The van der Waals surface area contributed by atoms with Crippen molar-refractivity contribution in [3.63, 3.8) is 0 Å². The second kappa shape index (κ2) is 4.88. The fourth-order valence-electron chi connectivity index (χ4n) is 1.78. The Kier molecular flexibility index (Phi) is 4.02. The Morgan fingerprint density at radius 3 is 2.73 bits per heavy atom. The number of alkyl halides is 2. The number of ether oxygens (including phenoxy) is 1. The molecule has 0 spiro atoms. The van der Waals surface area contributed by atoms with Crippen molar-refractivity contribution < 1.29 is 18.3 Å². The molecule has 1 aliphatic rings. The van der Waals surface area contributed by atoms with Crippen molar-refractivity contribution in [2.24, 2.45) is 11.7 Å². The third kappa shape index (κ3) is 3.12. The molecule has 0 aliphatic heterocycles. The first-order valence-electron chi connectivity index (χ1n) is 5.27. The number of esters is 1. The van der Waals surface area contributed by atoms with Crippen molar-refractivity contribution in [1.82, 2.24) is 0 Å². The molecule has 0 aromatic heterocycles. The van der Waals surface area contributed by atoms with Crippen LogP contribution in [-0.2, 0) is 9.53 Å². The summed E-state index contributed by atoms with van der Waals surface area (Å²) in [7, 11) is 0. The fourth-order valence-corrected chi connectivity index (χ4v) is 1.78. The summed E-state index contributed by atoms with van der Waals surface area (Å²) in [6.07, 6.45) is 0.420. The zero-order chi connectivity index (χ0) is 11.5. The van der Waals surface area contributed by atoms with Crippen LogP contribution in [0.4, 0.5) is 8.78 Å². The lowest BCUT2D eigenvalue weighted by Gasteiger charge is -2.19. The molecular weight excluding hydrogens is 204 g/mol. The van der Waals surface area contributed by atoms with Gasteiger partial charge in [0.05, 0.1) is 18.6 Å². The summed E-state index contributed by atoms with van der Waals surface area (Å²) in [6, 6.07) is -1.13. The van der Waals surface area contributed by atoms with E-state index in [0.29, 0.717) is 6.42 Å². The SMILES string of the molecule is CCOC(=O)C1CCC(N)C(F)(F)CC1. The summed E-state index contributed by atoms with van der Waals surface area (Å²) in [4.78, 5) is 11.4. The highest BCUT2D eigenvalue weighted by molar-refractivity contribution is 5.72. The predicted molar refractivity (Wildman–Crippen MR) is 51.5 cm³/mol. The molecule has 0 bridgehead atoms. The van der Waals surface area contributed by atoms with Gasteiger partial charge < -0.3 is 10.5 Å². The number of halogens is 2. The molecule has 0 aromatic rings. The monoisotopic (exact) mass is 221 g/mol. The van der Waals surface area contributed by atoms with Crippen LogP contribution >= 0.6 is 0 Å². The first-order chi connectivity index (χ1) is 6.97. The van der Waals surface area contributed by atoms with Crippen LogP contribution in [0.3, 0.4) is 0 Å². The summed E-state index contributed by atoms with van der Waals surface area (Å²) >= 11 is 0. The van der Waals surface area contributed by atoms with E-state index in [1.807, 2.05) is 0 Å². The maximum Gasteiger partial charge on any atom is 0.308 e. The van der Waals surface area contributed by atoms with Crippen LogP contribution < -0.4 is 5.73 Å². The van der Waals surface area contributed by atoms with Gasteiger partial charge in [-0.05, 0) is 26.2 Å². The van der Waals surface area contributed by atoms with Crippen molar-refractivity contribution in [3.05, 3.63) is 0 Å². The van der Waals surface area contributed by atoms with Crippen molar-refractivity contribution in [3.8, 4) is 0 Å². The Morgan fingerprint density at radius 2 is 2.13 bits per heavy atom. The van der Waals surface area contributed by atoms with Crippen LogP contribution in [0, 0.1) is 5.92 Å². The van der Waals surface area contributed by atoms with E-state index < -0.39 is 17.9 Å². The van der Waals surface area contributed by atoms with Crippen molar-refractivity contribution >= 4 is 5.97 Å². The molecule has 2 unspecified atom stereocenters. The molecule has 0 amide bonds. The van der Waals surface area contributed by atoms with Gasteiger partial charge in [0, 0.05) is 6.42 Å². The Morgan fingerprint density at radius 1 is 1.47 bits per heavy atom.